The second-order valence-corrected chi connectivity index (χ2v) is 6.11. The minimum Gasteiger partial charge on any atom is -0.395 e. The molecule has 0 saturated heterocycles. The van der Waals surface area contributed by atoms with Crippen LogP contribution in [0.2, 0.25) is 0 Å². The molecule has 118 valence electrons. The summed E-state index contributed by atoms with van der Waals surface area (Å²) in [6.07, 6.45) is 0. The number of hydrogen-bond acceptors (Lipinski definition) is 3. The summed E-state index contributed by atoms with van der Waals surface area (Å²) in [4.78, 5) is 14.1. The Morgan fingerprint density at radius 2 is 1.81 bits per heavy atom. The first kappa shape index (κ1) is 17.7. The first-order valence-corrected chi connectivity index (χ1v) is 7.62. The Morgan fingerprint density at radius 1 is 1.19 bits per heavy atom. The largest absolute Gasteiger partial charge is 0.395 e. The highest BCUT2D eigenvalue weighted by molar-refractivity contribution is 5.78. The van der Waals surface area contributed by atoms with Crippen LogP contribution in [0.1, 0.15) is 33.3 Å². The number of aliphatic hydroxyl groups excluding tert-OH is 1. The van der Waals surface area contributed by atoms with E-state index >= 15 is 0 Å². The van der Waals surface area contributed by atoms with Crippen LogP contribution in [0, 0.1) is 5.92 Å². The summed E-state index contributed by atoms with van der Waals surface area (Å²) >= 11 is 0. The lowest BCUT2D eigenvalue weighted by Crippen LogP contribution is -2.47. The predicted octanol–water partition coefficient (Wildman–Crippen LogP) is 2.03. The van der Waals surface area contributed by atoms with Gasteiger partial charge in [0.05, 0.1) is 13.2 Å². The molecule has 1 aromatic carbocycles. The van der Waals surface area contributed by atoms with E-state index in [4.69, 9.17) is 0 Å². The molecule has 1 amide bonds. The van der Waals surface area contributed by atoms with Crippen molar-refractivity contribution in [2.45, 2.75) is 46.3 Å². The topological polar surface area (TPSA) is 52.6 Å². The molecule has 1 rings (SSSR count). The maximum absolute atomic E-state index is 12.1. The molecule has 0 bridgehead atoms. The Hall–Kier alpha value is -1.39. The standard InChI is InChI=1S/C17H28N2O2/c1-13(2)16(12-20)19(11-17(21)18-14(3)4)10-15-8-6-5-7-9-15/h5-9,13-14,16,20H,10-12H2,1-4H3,(H,18,21). The van der Waals surface area contributed by atoms with Gasteiger partial charge >= 0.3 is 0 Å². The molecular weight excluding hydrogens is 264 g/mol. The molecule has 0 radical (unpaired) electrons. The van der Waals surface area contributed by atoms with E-state index < -0.39 is 0 Å². The van der Waals surface area contributed by atoms with Crippen molar-refractivity contribution in [3.05, 3.63) is 35.9 Å². The molecule has 4 nitrogen and oxygen atoms in total. The van der Waals surface area contributed by atoms with Crippen LogP contribution in [-0.2, 0) is 11.3 Å². The highest BCUT2D eigenvalue weighted by atomic mass is 16.3. The van der Waals surface area contributed by atoms with Crippen LogP contribution >= 0.6 is 0 Å². The van der Waals surface area contributed by atoms with Crippen LogP contribution in [0.3, 0.4) is 0 Å². The van der Waals surface area contributed by atoms with E-state index in [0.29, 0.717) is 13.1 Å². The third kappa shape index (κ3) is 6.27. The molecule has 0 aliphatic heterocycles. The molecular formula is C17H28N2O2. The van der Waals surface area contributed by atoms with Gasteiger partial charge in [0.25, 0.3) is 0 Å². The molecule has 0 aliphatic carbocycles. The molecule has 2 N–H and O–H groups in total. The van der Waals surface area contributed by atoms with Crippen molar-refractivity contribution in [3.8, 4) is 0 Å². The number of hydrogen-bond donors (Lipinski definition) is 2. The summed E-state index contributed by atoms with van der Waals surface area (Å²) in [6.45, 7) is 9.06. The molecule has 1 unspecified atom stereocenters. The third-order valence-electron chi connectivity index (χ3n) is 3.45. The fraction of sp³-hybridized carbons (Fsp3) is 0.588. The number of nitrogens with one attached hydrogen (secondary N) is 1. The van der Waals surface area contributed by atoms with Gasteiger partial charge in [-0.05, 0) is 25.3 Å². The first-order valence-electron chi connectivity index (χ1n) is 7.62. The van der Waals surface area contributed by atoms with Crippen LogP contribution in [0.5, 0.6) is 0 Å². The summed E-state index contributed by atoms with van der Waals surface area (Å²) in [7, 11) is 0. The normalized spacial score (nSPS) is 13.0. The summed E-state index contributed by atoms with van der Waals surface area (Å²) in [6, 6.07) is 10.1. The van der Waals surface area contributed by atoms with Gasteiger partial charge in [-0.15, -0.1) is 0 Å². The summed E-state index contributed by atoms with van der Waals surface area (Å²) < 4.78 is 0. The fourth-order valence-electron chi connectivity index (χ4n) is 2.41. The number of aliphatic hydroxyl groups is 1. The van der Waals surface area contributed by atoms with Gasteiger partial charge in [-0.25, -0.2) is 0 Å². The Balaban J connectivity index is 2.81. The van der Waals surface area contributed by atoms with Gasteiger partial charge in [-0.3, -0.25) is 9.69 Å². The van der Waals surface area contributed by atoms with E-state index in [1.54, 1.807) is 0 Å². The summed E-state index contributed by atoms with van der Waals surface area (Å²) in [5.41, 5.74) is 1.15. The van der Waals surface area contributed by atoms with Crippen molar-refractivity contribution >= 4 is 5.91 Å². The predicted molar refractivity (Wildman–Crippen MR) is 85.8 cm³/mol. The molecule has 0 spiro atoms. The number of rotatable bonds is 8. The van der Waals surface area contributed by atoms with Crippen molar-refractivity contribution in [2.24, 2.45) is 5.92 Å². The van der Waals surface area contributed by atoms with Gasteiger partial charge < -0.3 is 10.4 Å². The number of nitrogens with zero attached hydrogens (tertiary/aromatic N) is 1. The molecule has 0 saturated carbocycles. The SMILES string of the molecule is CC(C)NC(=O)CN(Cc1ccccc1)C(CO)C(C)C. The van der Waals surface area contributed by atoms with Crippen LogP contribution in [0.25, 0.3) is 0 Å². The number of carbonyl (C=O) groups is 1. The minimum atomic E-state index is -0.0249. The molecule has 21 heavy (non-hydrogen) atoms. The highest BCUT2D eigenvalue weighted by Crippen LogP contribution is 2.14. The Labute approximate surface area is 128 Å². The van der Waals surface area contributed by atoms with Crippen molar-refractivity contribution in [3.63, 3.8) is 0 Å². The van der Waals surface area contributed by atoms with E-state index in [2.05, 4.69) is 24.1 Å². The maximum atomic E-state index is 12.1. The number of benzene rings is 1. The van der Waals surface area contributed by atoms with E-state index in [-0.39, 0.29) is 30.5 Å². The fourth-order valence-corrected chi connectivity index (χ4v) is 2.41. The van der Waals surface area contributed by atoms with Crippen LogP contribution in [0.15, 0.2) is 30.3 Å². The van der Waals surface area contributed by atoms with Crippen molar-refractivity contribution in [2.75, 3.05) is 13.2 Å². The molecule has 0 fully saturated rings. The van der Waals surface area contributed by atoms with Gasteiger partial charge in [0.1, 0.15) is 0 Å². The van der Waals surface area contributed by atoms with Crippen molar-refractivity contribution < 1.29 is 9.90 Å². The quantitative estimate of drug-likeness (QED) is 0.771. The zero-order valence-electron chi connectivity index (χ0n) is 13.5. The molecule has 0 heterocycles. The lowest BCUT2D eigenvalue weighted by Gasteiger charge is -2.33. The lowest BCUT2D eigenvalue weighted by molar-refractivity contribution is -0.124. The molecule has 0 aliphatic rings. The number of carbonyl (C=O) groups excluding carboxylic acids is 1. The second kappa shape index (κ2) is 8.80. The smallest absolute Gasteiger partial charge is 0.234 e. The first-order chi connectivity index (χ1) is 9.93. The molecule has 0 aromatic heterocycles. The lowest BCUT2D eigenvalue weighted by atomic mass is 10.0. The van der Waals surface area contributed by atoms with Crippen LogP contribution in [-0.4, -0.2) is 41.1 Å². The second-order valence-electron chi connectivity index (χ2n) is 6.11. The van der Waals surface area contributed by atoms with Gasteiger partial charge in [-0.1, -0.05) is 44.2 Å². The molecule has 1 atom stereocenters. The van der Waals surface area contributed by atoms with Crippen molar-refractivity contribution in [1.29, 1.82) is 0 Å². The van der Waals surface area contributed by atoms with E-state index in [1.807, 2.05) is 44.2 Å². The number of amides is 1. The zero-order chi connectivity index (χ0) is 15.8. The maximum Gasteiger partial charge on any atom is 0.234 e. The van der Waals surface area contributed by atoms with Crippen LogP contribution in [0.4, 0.5) is 0 Å². The van der Waals surface area contributed by atoms with E-state index in [9.17, 15) is 9.90 Å². The monoisotopic (exact) mass is 292 g/mol. The van der Waals surface area contributed by atoms with E-state index in [1.165, 1.54) is 0 Å². The van der Waals surface area contributed by atoms with Gasteiger partial charge in [0.2, 0.25) is 5.91 Å². The Kier molecular flexibility index (Phi) is 7.40. The minimum absolute atomic E-state index is 0.0000288. The van der Waals surface area contributed by atoms with E-state index in [0.717, 1.165) is 5.56 Å². The zero-order valence-corrected chi connectivity index (χ0v) is 13.5. The highest BCUT2D eigenvalue weighted by Gasteiger charge is 2.23. The summed E-state index contributed by atoms with van der Waals surface area (Å²) in [5, 5.41) is 12.6. The third-order valence-corrected chi connectivity index (χ3v) is 3.45. The average molecular weight is 292 g/mol. The van der Waals surface area contributed by atoms with Crippen molar-refractivity contribution in [1.82, 2.24) is 10.2 Å². The van der Waals surface area contributed by atoms with Gasteiger partial charge in [-0.2, -0.15) is 0 Å². The van der Waals surface area contributed by atoms with Gasteiger partial charge in [0, 0.05) is 18.6 Å². The molecule has 4 heteroatoms. The Bertz CT molecular complexity index is 418. The van der Waals surface area contributed by atoms with Crippen LogP contribution < -0.4 is 5.32 Å². The van der Waals surface area contributed by atoms with Gasteiger partial charge in [0.15, 0.2) is 0 Å². The summed E-state index contributed by atoms with van der Waals surface area (Å²) in [5.74, 6) is 0.283. The molecule has 1 aromatic rings. The Morgan fingerprint density at radius 3 is 2.29 bits per heavy atom. The average Bonchev–Trinajstić information content (AvgIpc) is 2.39.